The first-order chi connectivity index (χ1) is 9.95. The van der Waals surface area contributed by atoms with Crippen LogP contribution in [0.5, 0.6) is 0 Å². The van der Waals surface area contributed by atoms with Crippen molar-refractivity contribution in [2.45, 2.75) is 66.2 Å². The lowest BCUT2D eigenvalue weighted by molar-refractivity contribution is -0.155. The quantitative estimate of drug-likeness (QED) is 0.444. The maximum absolute atomic E-state index is 12.0. The maximum atomic E-state index is 12.0. The Bertz CT molecular complexity index is 443. The highest BCUT2D eigenvalue weighted by molar-refractivity contribution is 5.82. The Labute approximate surface area is 133 Å². The fourth-order valence-electron chi connectivity index (χ4n) is 2.62. The molecule has 0 radical (unpaired) electrons. The molecule has 1 rings (SSSR count). The van der Waals surface area contributed by atoms with Gasteiger partial charge in [-0.1, -0.05) is 26.8 Å². The van der Waals surface area contributed by atoms with Crippen molar-refractivity contribution in [3.8, 4) is 0 Å². The standard InChI is InChI=1S/C17H29NO4/c1-8-21-13(19)10-9-12-15(16(2,3)4)18(12)11-14(20)22-17(5,6)7/h9-10,12,15H,8,11H2,1-7H3/b10-9+/t12-,15+,18?/m1/s1. The topological polar surface area (TPSA) is 55.6 Å². The molecule has 5 nitrogen and oxygen atoms in total. The molecule has 3 atom stereocenters. The first kappa shape index (κ1) is 18.7. The zero-order chi connectivity index (χ0) is 17.1. The summed E-state index contributed by atoms with van der Waals surface area (Å²) in [4.78, 5) is 25.5. The van der Waals surface area contributed by atoms with Gasteiger partial charge in [0.25, 0.3) is 0 Å². The molecular formula is C17H29NO4. The maximum Gasteiger partial charge on any atom is 0.330 e. The van der Waals surface area contributed by atoms with E-state index in [1.165, 1.54) is 6.08 Å². The van der Waals surface area contributed by atoms with Gasteiger partial charge in [0.05, 0.1) is 13.2 Å². The number of ether oxygens (including phenoxy) is 2. The predicted molar refractivity (Wildman–Crippen MR) is 85.4 cm³/mol. The van der Waals surface area contributed by atoms with E-state index >= 15 is 0 Å². The molecule has 0 aromatic carbocycles. The normalized spacial score (nSPS) is 25.1. The van der Waals surface area contributed by atoms with Crippen molar-refractivity contribution < 1.29 is 19.1 Å². The van der Waals surface area contributed by atoms with Crippen LogP contribution in [0.4, 0.5) is 0 Å². The molecule has 0 N–H and O–H groups in total. The number of esters is 2. The smallest absolute Gasteiger partial charge is 0.330 e. The van der Waals surface area contributed by atoms with Gasteiger partial charge < -0.3 is 9.47 Å². The third-order valence-electron chi connectivity index (χ3n) is 3.31. The molecule has 0 aromatic heterocycles. The Morgan fingerprint density at radius 3 is 2.18 bits per heavy atom. The Morgan fingerprint density at radius 2 is 1.73 bits per heavy atom. The highest BCUT2D eigenvalue weighted by Crippen LogP contribution is 2.42. The highest BCUT2D eigenvalue weighted by atomic mass is 16.6. The van der Waals surface area contributed by atoms with Crippen LogP contribution in [0.3, 0.4) is 0 Å². The average molecular weight is 311 g/mol. The summed E-state index contributed by atoms with van der Waals surface area (Å²) in [7, 11) is 0. The minimum Gasteiger partial charge on any atom is -0.463 e. The average Bonchev–Trinajstić information content (AvgIpc) is 2.97. The summed E-state index contributed by atoms with van der Waals surface area (Å²) < 4.78 is 10.3. The van der Waals surface area contributed by atoms with Crippen LogP contribution in [0.15, 0.2) is 12.2 Å². The largest absolute Gasteiger partial charge is 0.463 e. The van der Waals surface area contributed by atoms with E-state index < -0.39 is 5.60 Å². The molecule has 5 heteroatoms. The first-order valence-corrected chi connectivity index (χ1v) is 7.78. The lowest BCUT2D eigenvalue weighted by Gasteiger charge is -2.21. The zero-order valence-corrected chi connectivity index (χ0v) is 14.8. The molecule has 22 heavy (non-hydrogen) atoms. The SMILES string of the molecule is CCOC(=O)/C=C/[C@@H]1[C@@H](C(C)(C)C)N1CC(=O)OC(C)(C)C. The van der Waals surface area contributed by atoms with Crippen LogP contribution in [0.1, 0.15) is 48.5 Å². The van der Waals surface area contributed by atoms with Gasteiger partial charge in [0, 0.05) is 18.2 Å². The van der Waals surface area contributed by atoms with Gasteiger partial charge in [0.15, 0.2) is 0 Å². The van der Waals surface area contributed by atoms with E-state index in [1.54, 1.807) is 6.92 Å². The van der Waals surface area contributed by atoms with Gasteiger partial charge in [-0.15, -0.1) is 0 Å². The van der Waals surface area contributed by atoms with Crippen molar-refractivity contribution >= 4 is 11.9 Å². The second-order valence-corrected chi connectivity index (χ2v) is 7.67. The molecule has 0 spiro atoms. The molecule has 0 aliphatic carbocycles. The van der Waals surface area contributed by atoms with Crippen LogP contribution in [-0.4, -0.2) is 47.7 Å². The van der Waals surface area contributed by atoms with Gasteiger partial charge in [-0.2, -0.15) is 0 Å². The number of rotatable bonds is 5. The Kier molecular flexibility index (Phi) is 5.79. The third-order valence-corrected chi connectivity index (χ3v) is 3.31. The predicted octanol–water partition coefficient (Wildman–Crippen LogP) is 2.55. The molecule has 1 heterocycles. The van der Waals surface area contributed by atoms with Crippen LogP contribution >= 0.6 is 0 Å². The van der Waals surface area contributed by atoms with E-state index in [9.17, 15) is 9.59 Å². The number of hydrogen-bond donors (Lipinski definition) is 0. The van der Waals surface area contributed by atoms with E-state index in [1.807, 2.05) is 31.7 Å². The molecule has 1 aliphatic heterocycles. The second-order valence-electron chi connectivity index (χ2n) is 7.67. The molecule has 1 fully saturated rings. The molecular weight excluding hydrogens is 282 g/mol. The van der Waals surface area contributed by atoms with E-state index in [4.69, 9.17) is 9.47 Å². The summed E-state index contributed by atoms with van der Waals surface area (Å²) >= 11 is 0. The van der Waals surface area contributed by atoms with Gasteiger partial charge in [0.1, 0.15) is 5.60 Å². The Morgan fingerprint density at radius 1 is 1.14 bits per heavy atom. The van der Waals surface area contributed by atoms with Gasteiger partial charge >= 0.3 is 11.9 Å². The fourth-order valence-corrected chi connectivity index (χ4v) is 2.62. The van der Waals surface area contributed by atoms with Crippen LogP contribution in [0, 0.1) is 5.41 Å². The Balaban J connectivity index is 2.67. The van der Waals surface area contributed by atoms with Crippen molar-refractivity contribution in [3.63, 3.8) is 0 Å². The van der Waals surface area contributed by atoms with E-state index in [0.717, 1.165) is 0 Å². The van der Waals surface area contributed by atoms with Gasteiger partial charge in [-0.25, -0.2) is 4.79 Å². The third kappa shape index (κ3) is 5.79. The summed E-state index contributed by atoms with van der Waals surface area (Å²) in [5, 5.41) is 0. The number of hydrogen-bond acceptors (Lipinski definition) is 5. The monoisotopic (exact) mass is 311 g/mol. The fraction of sp³-hybridized carbons (Fsp3) is 0.765. The van der Waals surface area contributed by atoms with Crippen LogP contribution in [-0.2, 0) is 19.1 Å². The van der Waals surface area contributed by atoms with Gasteiger partial charge in [-0.3, -0.25) is 9.69 Å². The molecule has 126 valence electrons. The Hall–Kier alpha value is -1.36. The summed E-state index contributed by atoms with van der Waals surface area (Å²) in [5.41, 5.74) is -0.466. The lowest BCUT2D eigenvalue weighted by Crippen LogP contribution is -2.30. The summed E-state index contributed by atoms with van der Waals surface area (Å²) in [6.45, 7) is 14.3. The molecule has 0 aromatic rings. The van der Waals surface area contributed by atoms with Crippen LogP contribution < -0.4 is 0 Å². The number of nitrogens with zero attached hydrogens (tertiary/aromatic N) is 1. The molecule has 0 amide bonds. The number of carbonyl (C=O) groups is 2. The van der Waals surface area contributed by atoms with Crippen molar-refractivity contribution in [1.82, 2.24) is 4.90 Å². The highest BCUT2D eigenvalue weighted by Gasteiger charge is 2.53. The summed E-state index contributed by atoms with van der Waals surface area (Å²) in [5.74, 6) is -0.590. The van der Waals surface area contributed by atoms with Crippen LogP contribution in [0.2, 0.25) is 0 Å². The molecule has 1 saturated heterocycles. The molecule has 0 saturated carbocycles. The van der Waals surface area contributed by atoms with Crippen LogP contribution in [0.25, 0.3) is 0 Å². The molecule has 1 unspecified atom stereocenters. The van der Waals surface area contributed by atoms with Crippen molar-refractivity contribution in [2.75, 3.05) is 13.2 Å². The van der Waals surface area contributed by atoms with Gasteiger partial charge in [-0.05, 0) is 33.1 Å². The van der Waals surface area contributed by atoms with E-state index in [0.29, 0.717) is 6.61 Å². The zero-order valence-electron chi connectivity index (χ0n) is 14.8. The number of carbonyl (C=O) groups excluding carboxylic acids is 2. The van der Waals surface area contributed by atoms with E-state index in [-0.39, 0.29) is 36.0 Å². The molecule has 0 bridgehead atoms. The van der Waals surface area contributed by atoms with Crippen molar-refractivity contribution in [2.24, 2.45) is 5.41 Å². The molecule has 1 aliphatic rings. The minimum absolute atomic E-state index is 0.0195. The lowest BCUT2D eigenvalue weighted by atomic mass is 9.90. The first-order valence-electron chi connectivity index (χ1n) is 7.78. The minimum atomic E-state index is -0.486. The summed E-state index contributed by atoms with van der Waals surface area (Å²) in [6.07, 6.45) is 3.26. The van der Waals surface area contributed by atoms with Crippen molar-refractivity contribution in [3.05, 3.63) is 12.2 Å². The van der Waals surface area contributed by atoms with Gasteiger partial charge in [0.2, 0.25) is 0 Å². The van der Waals surface area contributed by atoms with E-state index in [2.05, 4.69) is 20.8 Å². The summed E-state index contributed by atoms with van der Waals surface area (Å²) in [6, 6.07) is 0.280. The van der Waals surface area contributed by atoms with Crippen molar-refractivity contribution in [1.29, 1.82) is 0 Å². The second kappa shape index (κ2) is 6.82.